The number of aromatic nitrogens is 3. The molecule has 1 fully saturated rings. The first-order valence-electron chi connectivity index (χ1n) is 13.3. The van der Waals surface area contributed by atoms with Gasteiger partial charge in [-0.05, 0) is 42.5 Å². The molecule has 10 nitrogen and oxygen atoms in total. The molecule has 2 aromatic heterocycles. The van der Waals surface area contributed by atoms with Crippen molar-refractivity contribution in [2.24, 2.45) is 0 Å². The first kappa shape index (κ1) is 27.5. The summed E-state index contributed by atoms with van der Waals surface area (Å²) in [6.07, 6.45) is -0.508. The number of ether oxygens (including phenoxy) is 1. The first-order chi connectivity index (χ1) is 20.0. The lowest BCUT2D eigenvalue weighted by atomic mass is 9.94. The summed E-state index contributed by atoms with van der Waals surface area (Å²) in [7, 11) is 0. The molecule has 1 atom stereocenters. The second kappa shape index (κ2) is 10.0. The van der Waals surface area contributed by atoms with Crippen molar-refractivity contribution in [3.05, 3.63) is 70.9 Å². The van der Waals surface area contributed by atoms with Gasteiger partial charge in [-0.3, -0.25) is 9.59 Å². The van der Waals surface area contributed by atoms with Gasteiger partial charge in [-0.1, -0.05) is 12.6 Å². The zero-order chi connectivity index (χ0) is 29.9. The Morgan fingerprint density at radius 3 is 2.62 bits per heavy atom. The van der Waals surface area contributed by atoms with Crippen LogP contribution in [-0.4, -0.2) is 67.5 Å². The van der Waals surface area contributed by atoms with Crippen LogP contribution in [-0.2, 0) is 17.6 Å². The van der Waals surface area contributed by atoms with Crippen LogP contribution < -0.4 is 10.5 Å². The third kappa shape index (κ3) is 4.80. The van der Waals surface area contributed by atoms with Crippen molar-refractivity contribution >= 4 is 17.5 Å². The van der Waals surface area contributed by atoms with Crippen molar-refractivity contribution in [1.82, 2.24) is 24.6 Å². The molecule has 3 N–H and O–H groups in total. The topological polar surface area (TPSA) is 127 Å². The molecule has 1 unspecified atom stereocenters. The molecule has 6 rings (SSSR count). The fraction of sp³-hybridized carbons (Fsp3) is 0.357. The van der Waals surface area contributed by atoms with Gasteiger partial charge in [0.1, 0.15) is 11.4 Å². The number of carbonyl (C=O) groups excluding carboxylic acids is 2. The van der Waals surface area contributed by atoms with Crippen molar-refractivity contribution in [1.29, 1.82) is 0 Å². The van der Waals surface area contributed by atoms with Crippen LogP contribution >= 0.6 is 0 Å². The Bertz CT molecular complexity index is 1620. The van der Waals surface area contributed by atoms with E-state index in [4.69, 9.17) is 10.8 Å². The largest absolute Gasteiger partial charge is 0.574 e. The van der Waals surface area contributed by atoms with Crippen LogP contribution in [0, 0.1) is 5.82 Å². The minimum atomic E-state index is -5.21. The standard InChI is InChI=1S/C28H26F4N6O4/c1-2-22(40)36-9-7-17-23-19(38(35-17)18-6-5-15(11-21(18)39)14-3-4-14)8-10-37(20(23)13-36)27(41)16-12-34-26(24(29)25(16)33)42-28(30,31)32/h2,5-6,11-12,14,20,39H,1,3-4,7-10,13H2,(H2,33,34). The zero-order valence-electron chi connectivity index (χ0n) is 22.2. The Morgan fingerprint density at radius 1 is 1.19 bits per heavy atom. The molecule has 0 bridgehead atoms. The number of anilines is 1. The Hall–Kier alpha value is -4.62. The van der Waals surface area contributed by atoms with E-state index in [2.05, 4.69) is 16.3 Å². The second-order valence-corrected chi connectivity index (χ2v) is 10.5. The summed E-state index contributed by atoms with van der Waals surface area (Å²) in [4.78, 5) is 32.7. The molecule has 1 saturated carbocycles. The van der Waals surface area contributed by atoms with Crippen molar-refractivity contribution < 1.29 is 37.0 Å². The van der Waals surface area contributed by atoms with E-state index in [-0.39, 0.29) is 37.7 Å². The van der Waals surface area contributed by atoms with Gasteiger partial charge in [0, 0.05) is 44.2 Å². The number of amides is 2. The van der Waals surface area contributed by atoms with Gasteiger partial charge >= 0.3 is 6.36 Å². The number of hydrogen-bond donors (Lipinski definition) is 2. The highest BCUT2D eigenvalue weighted by molar-refractivity contribution is 5.99. The lowest BCUT2D eigenvalue weighted by Gasteiger charge is -2.38. The number of nitrogen functional groups attached to an aromatic ring is 1. The highest BCUT2D eigenvalue weighted by atomic mass is 19.4. The lowest BCUT2D eigenvalue weighted by Crippen LogP contribution is -2.46. The van der Waals surface area contributed by atoms with Crippen LogP contribution in [0.3, 0.4) is 0 Å². The van der Waals surface area contributed by atoms with E-state index in [0.717, 1.165) is 36.4 Å². The number of hydrogen-bond acceptors (Lipinski definition) is 7. The minimum Gasteiger partial charge on any atom is -0.506 e. The van der Waals surface area contributed by atoms with E-state index in [0.29, 0.717) is 29.3 Å². The van der Waals surface area contributed by atoms with Gasteiger partial charge in [0.15, 0.2) is 0 Å². The van der Waals surface area contributed by atoms with Crippen LogP contribution in [0.2, 0.25) is 0 Å². The van der Waals surface area contributed by atoms with Crippen LogP contribution in [0.4, 0.5) is 23.2 Å². The fourth-order valence-corrected chi connectivity index (χ4v) is 5.74. The molecular formula is C28H26F4N6O4. The predicted octanol–water partition coefficient (Wildman–Crippen LogP) is 3.78. The third-order valence-corrected chi connectivity index (χ3v) is 7.90. The molecule has 14 heteroatoms. The zero-order valence-corrected chi connectivity index (χ0v) is 22.2. The Balaban J connectivity index is 1.40. The molecule has 3 aliphatic rings. The van der Waals surface area contributed by atoms with Crippen molar-refractivity contribution in [3.63, 3.8) is 0 Å². The maximum atomic E-state index is 14.7. The number of aromatic hydroxyl groups is 1. The van der Waals surface area contributed by atoms with Gasteiger partial charge in [-0.15, -0.1) is 13.2 Å². The molecule has 3 aromatic rings. The second-order valence-electron chi connectivity index (χ2n) is 10.5. The van der Waals surface area contributed by atoms with Crippen LogP contribution in [0.25, 0.3) is 5.69 Å². The average molecular weight is 587 g/mol. The molecule has 1 aromatic carbocycles. The molecular weight excluding hydrogens is 560 g/mol. The number of halogens is 4. The number of pyridine rings is 1. The van der Waals surface area contributed by atoms with Crippen LogP contribution in [0.5, 0.6) is 11.6 Å². The summed E-state index contributed by atoms with van der Waals surface area (Å²) < 4.78 is 57.9. The molecule has 4 heterocycles. The van der Waals surface area contributed by atoms with Crippen LogP contribution in [0.1, 0.15) is 57.7 Å². The number of benzene rings is 1. The van der Waals surface area contributed by atoms with Gasteiger partial charge < -0.3 is 25.4 Å². The molecule has 42 heavy (non-hydrogen) atoms. The van der Waals surface area contributed by atoms with Crippen LogP contribution in [0.15, 0.2) is 37.1 Å². The van der Waals surface area contributed by atoms with Gasteiger partial charge in [-0.2, -0.15) is 9.49 Å². The lowest BCUT2D eigenvalue weighted by molar-refractivity contribution is -0.277. The van der Waals surface area contributed by atoms with Gasteiger partial charge in [0.05, 0.1) is 28.7 Å². The van der Waals surface area contributed by atoms with Crippen molar-refractivity contribution in [2.45, 2.75) is 44.0 Å². The number of rotatable bonds is 5. The number of phenols is 1. The summed E-state index contributed by atoms with van der Waals surface area (Å²) >= 11 is 0. The van der Waals surface area contributed by atoms with E-state index in [1.54, 1.807) is 10.7 Å². The molecule has 0 spiro atoms. The van der Waals surface area contributed by atoms with E-state index in [9.17, 15) is 32.3 Å². The first-order valence-corrected chi connectivity index (χ1v) is 13.3. The van der Waals surface area contributed by atoms with Gasteiger partial charge in [0.25, 0.3) is 11.8 Å². The third-order valence-electron chi connectivity index (χ3n) is 7.90. The highest BCUT2D eigenvalue weighted by Gasteiger charge is 2.41. The van der Waals surface area contributed by atoms with E-state index in [1.165, 1.54) is 9.80 Å². The Kier molecular flexibility index (Phi) is 6.58. The maximum Gasteiger partial charge on any atom is 0.574 e. The predicted molar refractivity (Wildman–Crippen MR) is 140 cm³/mol. The van der Waals surface area contributed by atoms with Gasteiger partial charge in [0.2, 0.25) is 11.7 Å². The maximum absolute atomic E-state index is 14.7. The molecule has 0 radical (unpaired) electrons. The van der Waals surface area contributed by atoms with E-state index in [1.807, 2.05) is 12.1 Å². The van der Waals surface area contributed by atoms with Crippen molar-refractivity contribution in [3.8, 4) is 17.3 Å². The minimum absolute atomic E-state index is 0.0555. The number of nitrogens with two attached hydrogens (primary N) is 1. The quantitative estimate of drug-likeness (QED) is 0.344. The number of nitrogens with zero attached hydrogens (tertiary/aromatic N) is 5. The summed E-state index contributed by atoms with van der Waals surface area (Å²) in [6, 6.07) is 4.76. The van der Waals surface area contributed by atoms with E-state index >= 15 is 0 Å². The summed E-state index contributed by atoms with van der Waals surface area (Å²) in [5, 5.41) is 15.7. The normalized spacial score (nSPS) is 18.3. The SMILES string of the molecule is C=CC(=O)N1CCc2nn(-c3ccc(C4CC4)cc3O)c3c2C(C1)N(C(=O)c1cnc(OC(F)(F)F)c(F)c1N)CC3. The highest BCUT2D eigenvalue weighted by Crippen LogP contribution is 2.43. The molecule has 220 valence electrons. The number of phenolic OH excluding ortho intramolecular Hbond substituents is 1. The summed E-state index contributed by atoms with van der Waals surface area (Å²) in [5.41, 5.74) is 8.05. The molecule has 2 amide bonds. The van der Waals surface area contributed by atoms with Crippen molar-refractivity contribution in [2.75, 3.05) is 25.4 Å². The molecule has 1 aliphatic carbocycles. The summed E-state index contributed by atoms with van der Waals surface area (Å²) in [6.45, 7) is 3.97. The fourth-order valence-electron chi connectivity index (χ4n) is 5.74. The Labute approximate surface area is 237 Å². The number of alkyl halides is 3. The average Bonchev–Trinajstić information content (AvgIpc) is 3.76. The van der Waals surface area contributed by atoms with Gasteiger partial charge in [-0.25, -0.2) is 9.67 Å². The smallest absolute Gasteiger partial charge is 0.506 e. The monoisotopic (exact) mass is 586 g/mol. The number of carbonyl (C=O) groups is 2. The summed E-state index contributed by atoms with van der Waals surface area (Å²) in [5.74, 6) is -3.64. The Morgan fingerprint density at radius 2 is 1.95 bits per heavy atom. The molecule has 0 saturated heterocycles. The molecule has 2 aliphatic heterocycles. The van der Waals surface area contributed by atoms with E-state index < -0.39 is 41.3 Å².